The average Bonchev–Trinajstić information content (AvgIpc) is 3.09. The van der Waals surface area contributed by atoms with Crippen molar-refractivity contribution in [3.63, 3.8) is 0 Å². The van der Waals surface area contributed by atoms with Crippen molar-refractivity contribution in [1.82, 2.24) is 20.2 Å². The number of aryl methyl sites for hydroxylation is 1. The van der Waals surface area contributed by atoms with Crippen molar-refractivity contribution in [2.24, 2.45) is 0 Å². The highest BCUT2D eigenvalue weighted by Crippen LogP contribution is 2.24. The van der Waals surface area contributed by atoms with Gasteiger partial charge in [-0.3, -0.25) is 0 Å². The highest BCUT2D eigenvalue weighted by Gasteiger charge is 2.04. The van der Waals surface area contributed by atoms with Gasteiger partial charge < -0.3 is 10.6 Å². The van der Waals surface area contributed by atoms with Crippen LogP contribution in [-0.4, -0.2) is 20.2 Å². The van der Waals surface area contributed by atoms with Gasteiger partial charge in [0, 0.05) is 23.0 Å². The van der Waals surface area contributed by atoms with E-state index in [0.29, 0.717) is 0 Å². The molecule has 6 nitrogen and oxygen atoms in total. The van der Waals surface area contributed by atoms with Crippen molar-refractivity contribution >= 4 is 33.7 Å². The molecular weight excluding hydrogens is 344 g/mol. The van der Waals surface area contributed by atoms with Gasteiger partial charge in [-0.25, -0.2) is 9.97 Å². The first-order valence-corrected chi connectivity index (χ1v) is 8.89. The molecule has 0 radical (unpaired) electrons. The van der Waals surface area contributed by atoms with E-state index in [2.05, 4.69) is 30.8 Å². The molecule has 0 amide bonds. The first-order chi connectivity index (χ1) is 12.8. The molecule has 0 saturated heterocycles. The minimum absolute atomic E-state index is 0.749. The van der Waals surface area contributed by atoms with Gasteiger partial charge in [-0.15, -0.1) is 10.2 Å². The van der Waals surface area contributed by atoms with Crippen molar-refractivity contribution in [2.75, 3.05) is 10.6 Å². The Balaban J connectivity index is 1.47. The standard InChI is InChI=1S/C19H16N6S/c1-13-24-25-19(26-13)23-16-9-7-15(8-10-16)22-18-11-17(20-12-21-18)14-5-3-2-4-6-14/h2-12H,1H3,(H,23,25)(H,20,21,22). The normalized spacial score (nSPS) is 10.5. The second-order valence-electron chi connectivity index (χ2n) is 5.61. The molecule has 4 rings (SSSR count). The molecule has 0 aliphatic heterocycles. The lowest BCUT2D eigenvalue weighted by atomic mass is 10.1. The van der Waals surface area contributed by atoms with Crippen molar-refractivity contribution in [1.29, 1.82) is 0 Å². The van der Waals surface area contributed by atoms with Gasteiger partial charge in [0.25, 0.3) is 0 Å². The van der Waals surface area contributed by atoms with Crippen LogP contribution >= 0.6 is 11.3 Å². The summed E-state index contributed by atoms with van der Waals surface area (Å²) in [6.45, 7) is 1.93. The van der Waals surface area contributed by atoms with E-state index in [1.165, 1.54) is 11.3 Å². The number of hydrogen-bond acceptors (Lipinski definition) is 7. The summed E-state index contributed by atoms with van der Waals surface area (Å²) >= 11 is 1.52. The van der Waals surface area contributed by atoms with Crippen LogP contribution in [0, 0.1) is 6.92 Å². The third kappa shape index (κ3) is 3.84. The van der Waals surface area contributed by atoms with Crippen molar-refractivity contribution in [3.8, 4) is 11.3 Å². The molecule has 2 aromatic carbocycles. The van der Waals surface area contributed by atoms with E-state index in [9.17, 15) is 0 Å². The monoisotopic (exact) mass is 360 g/mol. The second-order valence-corrected chi connectivity index (χ2v) is 6.79. The molecule has 0 spiro atoms. The maximum atomic E-state index is 4.34. The Morgan fingerprint density at radius 3 is 2.23 bits per heavy atom. The summed E-state index contributed by atoms with van der Waals surface area (Å²) in [4.78, 5) is 8.64. The van der Waals surface area contributed by atoms with E-state index in [1.807, 2.05) is 67.6 Å². The van der Waals surface area contributed by atoms with Crippen LogP contribution in [0.1, 0.15) is 5.01 Å². The summed E-state index contributed by atoms with van der Waals surface area (Å²) in [7, 11) is 0. The highest BCUT2D eigenvalue weighted by atomic mass is 32.1. The van der Waals surface area contributed by atoms with E-state index in [0.717, 1.165) is 38.6 Å². The van der Waals surface area contributed by atoms with Crippen molar-refractivity contribution in [2.45, 2.75) is 6.92 Å². The fraction of sp³-hybridized carbons (Fsp3) is 0.0526. The van der Waals surface area contributed by atoms with Crippen LogP contribution in [0.5, 0.6) is 0 Å². The average molecular weight is 360 g/mol. The zero-order valence-corrected chi connectivity index (χ0v) is 14.9. The largest absolute Gasteiger partial charge is 0.340 e. The van der Waals surface area contributed by atoms with E-state index in [1.54, 1.807) is 6.33 Å². The van der Waals surface area contributed by atoms with Crippen LogP contribution in [0.3, 0.4) is 0 Å². The van der Waals surface area contributed by atoms with Gasteiger partial charge in [-0.2, -0.15) is 0 Å². The highest BCUT2D eigenvalue weighted by molar-refractivity contribution is 7.15. The third-order valence-electron chi connectivity index (χ3n) is 3.67. The fourth-order valence-corrected chi connectivity index (χ4v) is 3.06. The van der Waals surface area contributed by atoms with Gasteiger partial charge >= 0.3 is 0 Å². The van der Waals surface area contributed by atoms with Crippen LogP contribution in [0.4, 0.5) is 22.3 Å². The van der Waals surface area contributed by atoms with E-state index in [-0.39, 0.29) is 0 Å². The van der Waals surface area contributed by atoms with Gasteiger partial charge in [-0.05, 0) is 31.2 Å². The van der Waals surface area contributed by atoms with Gasteiger partial charge in [0.1, 0.15) is 17.2 Å². The van der Waals surface area contributed by atoms with Crippen LogP contribution < -0.4 is 10.6 Å². The van der Waals surface area contributed by atoms with Crippen LogP contribution in [0.25, 0.3) is 11.3 Å². The number of anilines is 4. The van der Waals surface area contributed by atoms with E-state index in [4.69, 9.17) is 0 Å². The molecule has 128 valence electrons. The molecule has 4 aromatic rings. The SMILES string of the molecule is Cc1nnc(Nc2ccc(Nc3cc(-c4ccccc4)ncn3)cc2)s1. The molecule has 2 aromatic heterocycles. The zero-order chi connectivity index (χ0) is 17.8. The summed E-state index contributed by atoms with van der Waals surface area (Å²) in [6, 6.07) is 19.9. The Morgan fingerprint density at radius 1 is 0.808 bits per heavy atom. The maximum absolute atomic E-state index is 4.34. The lowest BCUT2D eigenvalue weighted by molar-refractivity contribution is 1.05. The number of rotatable bonds is 5. The summed E-state index contributed by atoms with van der Waals surface area (Å²) < 4.78 is 0. The maximum Gasteiger partial charge on any atom is 0.210 e. The Kier molecular flexibility index (Phi) is 4.53. The Morgan fingerprint density at radius 2 is 1.54 bits per heavy atom. The van der Waals surface area contributed by atoms with Crippen LogP contribution in [0.2, 0.25) is 0 Å². The topological polar surface area (TPSA) is 75.6 Å². The molecule has 7 heteroatoms. The number of nitrogens with one attached hydrogen (secondary N) is 2. The summed E-state index contributed by atoms with van der Waals surface area (Å²) in [5, 5.41) is 16.3. The van der Waals surface area contributed by atoms with Gasteiger partial charge in [0.05, 0.1) is 5.69 Å². The van der Waals surface area contributed by atoms with Gasteiger partial charge in [0.15, 0.2) is 0 Å². The predicted molar refractivity (Wildman–Crippen MR) is 105 cm³/mol. The smallest absolute Gasteiger partial charge is 0.210 e. The van der Waals surface area contributed by atoms with Gasteiger partial charge in [0.2, 0.25) is 5.13 Å². The Labute approximate surface area is 155 Å². The quantitative estimate of drug-likeness (QED) is 0.533. The molecule has 26 heavy (non-hydrogen) atoms. The molecule has 0 fully saturated rings. The lowest BCUT2D eigenvalue weighted by Crippen LogP contribution is -1.96. The Bertz CT molecular complexity index is 998. The zero-order valence-electron chi connectivity index (χ0n) is 14.0. The van der Waals surface area contributed by atoms with Crippen LogP contribution in [-0.2, 0) is 0 Å². The predicted octanol–water partition coefficient (Wildman–Crippen LogP) is 4.79. The molecular formula is C19H16N6S. The molecule has 2 heterocycles. The summed E-state index contributed by atoms with van der Waals surface area (Å²) in [6.07, 6.45) is 1.57. The molecule has 0 bridgehead atoms. The van der Waals surface area contributed by atoms with Gasteiger partial charge in [-0.1, -0.05) is 41.7 Å². The number of benzene rings is 2. The molecule has 0 saturated carbocycles. The first kappa shape index (κ1) is 16.2. The molecule has 0 unspecified atom stereocenters. The van der Waals surface area contributed by atoms with E-state index < -0.39 is 0 Å². The lowest BCUT2D eigenvalue weighted by Gasteiger charge is -2.08. The summed E-state index contributed by atoms with van der Waals surface area (Å²) in [5.41, 5.74) is 3.85. The molecule has 0 aliphatic rings. The minimum atomic E-state index is 0.749. The summed E-state index contributed by atoms with van der Waals surface area (Å²) in [5.74, 6) is 0.749. The number of nitrogens with zero attached hydrogens (tertiary/aromatic N) is 4. The molecule has 0 atom stereocenters. The van der Waals surface area contributed by atoms with Crippen LogP contribution in [0.15, 0.2) is 67.0 Å². The van der Waals surface area contributed by atoms with Crippen molar-refractivity contribution < 1.29 is 0 Å². The fourth-order valence-electron chi connectivity index (χ4n) is 2.45. The Hall–Kier alpha value is -3.32. The first-order valence-electron chi connectivity index (χ1n) is 8.08. The van der Waals surface area contributed by atoms with Crippen molar-refractivity contribution in [3.05, 3.63) is 72.0 Å². The second kappa shape index (κ2) is 7.28. The molecule has 0 aliphatic carbocycles. The molecule has 2 N–H and O–H groups in total. The number of aromatic nitrogens is 4. The minimum Gasteiger partial charge on any atom is -0.340 e. The number of hydrogen-bond donors (Lipinski definition) is 2. The van der Waals surface area contributed by atoms with E-state index >= 15 is 0 Å². The third-order valence-corrected chi connectivity index (χ3v) is 4.43.